The van der Waals surface area contributed by atoms with Crippen molar-refractivity contribution < 1.29 is 14.6 Å². The monoisotopic (exact) mass is 389 g/mol. The van der Waals surface area contributed by atoms with Crippen LogP contribution in [0.1, 0.15) is 54.0 Å². The van der Waals surface area contributed by atoms with E-state index in [-0.39, 0.29) is 18.4 Å². The Balaban J connectivity index is 0.000000145. The van der Waals surface area contributed by atoms with Gasteiger partial charge >= 0.3 is 5.97 Å². The largest absolute Gasteiger partial charge is 0.493 e. The molecule has 0 saturated heterocycles. The quantitative estimate of drug-likeness (QED) is 0.662. The van der Waals surface area contributed by atoms with E-state index >= 15 is 0 Å². The molecule has 0 spiro atoms. The van der Waals surface area contributed by atoms with Crippen LogP contribution in [0.2, 0.25) is 0 Å². The van der Waals surface area contributed by atoms with E-state index in [0.29, 0.717) is 0 Å². The van der Waals surface area contributed by atoms with Crippen molar-refractivity contribution >= 4 is 16.7 Å². The molecule has 3 N–H and O–H groups in total. The first-order valence-electron chi connectivity index (χ1n) is 10.3. The normalized spacial score (nSPS) is 17.7. The van der Waals surface area contributed by atoms with Gasteiger partial charge in [0.1, 0.15) is 5.75 Å². The van der Waals surface area contributed by atoms with Crippen molar-refractivity contribution in [3.8, 4) is 5.75 Å². The fourth-order valence-electron chi connectivity index (χ4n) is 4.46. The average Bonchev–Trinajstić information content (AvgIpc) is 3.34. The van der Waals surface area contributed by atoms with Crippen LogP contribution in [0.3, 0.4) is 0 Å². The number of aryl methyl sites for hydroxylation is 1. The molecule has 3 aromatic carbocycles. The molecule has 4 nitrogen and oxygen atoms in total. The zero-order valence-electron chi connectivity index (χ0n) is 16.7. The summed E-state index contributed by atoms with van der Waals surface area (Å²) in [6, 6.07) is 18.9. The number of hydrogen-bond donors (Lipinski definition) is 2. The van der Waals surface area contributed by atoms with Gasteiger partial charge in [0, 0.05) is 18.0 Å². The summed E-state index contributed by atoms with van der Waals surface area (Å²) in [5.41, 5.74) is 10.9. The number of fused-ring (bicyclic) bond motifs is 4. The number of rotatable bonds is 3. The summed E-state index contributed by atoms with van der Waals surface area (Å²) in [5, 5.41) is 11.4. The second-order valence-corrected chi connectivity index (χ2v) is 7.94. The lowest BCUT2D eigenvalue weighted by Crippen LogP contribution is -2.05. The molecule has 1 aliphatic heterocycles. The third-order valence-corrected chi connectivity index (χ3v) is 5.90. The fraction of sp³-hybridized carbons (Fsp3) is 0.320. The standard InChI is InChI=1S/C13H14O3.C12H13N/c14-12(15)7-9-2-1-8-3-4-11-10(13(8)9)5-6-16-11;1-9(13)11-7-6-10-4-2-3-5-12(10)8-11/h3-4,9H,1-2,5-7H2,(H,14,15);2-9H,13H2,1H3/t2*9-/m11/s1. The Bertz CT molecular complexity index is 1040. The number of ether oxygens (including phenoxy) is 1. The summed E-state index contributed by atoms with van der Waals surface area (Å²) in [5.74, 6) is 0.467. The summed E-state index contributed by atoms with van der Waals surface area (Å²) in [7, 11) is 0. The van der Waals surface area contributed by atoms with Crippen LogP contribution in [-0.4, -0.2) is 17.7 Å². The van der Waals surface area contributed by atoms with Crippen LogP contribution in [0.5, 0.6) is 5.75 Å². The first-order chi connectivity index (χ1) is 14.0. The van der Waals surface area contributed by atoms with Crippen molar-refractivity contribution in [1.82, 2.24) is 0 Å². The highest BCUT2D eigenvalue weighted by molar-refractivity contribution is 5.83. The first-order valence-corrected chi connectivity index (χ1v) is 10.3. The van der Waals surface area contributed by atoms with Crippen LogP contribution < -0.4 is 10.5 Å². The number of aliphatic carboxylic acids is 1. The summed E-state index contributed by atoms with van der Waals surface area (Å²) in [6.07, 6.45) is 3.18. The molecular formula is C25H27NO3. The molecule has 3 aromatic rings. The van der Waals surface area contributed by atoms with Gasteiger partial charge in [0.15, 0.2) is 0 Å². The highest BCUT2D eigenvalue weighted by Crippen LogP contribution is 2.43. The van der Waals surface area contributed by atoms with E-state index in [0.717, 1.165) is 31.6 Å². The zero-order chi connectivity index (χ0) is 20.4. The molecule has 1 heterocycles. The maximum absolute atomic E-state index is 10.8. The Morgan fingerprint density at radius 3 is 2.69 bits per heavy atom. The summed E-state index contributed by atoms with van der Waals surface area (Å²) >= 11 is 0. The fourth-order valence-corrected chi connectivity index (χ4v) is 4.46. The van der Waals surface area contributed by atoms with Gasteiger partial charge in [-0.25, -0.2) is 0 Å². The Hall–Kier alpha value is -2.85. The molecule has 0 saturated carbocycles. The van der Waals surface area contributed by atoms with Crippen LogP contribution in [0, 0.1) is 0 Å². The van der Waals surface area contributed by atoms with Gasteiger partial charge in [-0.3, -0.25) is 4.79 Å². The number of nitrogens with two attached hydrogens (primary N) is 1. The molecule has 2 aliphatic rings. The SMILES string of the molecule is C[C@@H](N)c1ccc2ccccc2c1.O=C(O)C[C@H]1CCc2ccc3c(c21)CCO3. The van der Waals surface area contributed by atoms with Crippen molar-refractivity contribution in [3.63, 3.8) is 0 Å². The van der Waals surface area contributed by atoms with E-state index in [2.05, 4.69) is 36.4 Å². The third-order valence-electron chi connectivity index (χ3n) is 5.90. The minimum atomic E-state index is -0.700. The van der Waals surface area contributed by atoms with Crippen molar-refractivity contribution in [2.45, 2.75) is 44.6 Å². The minimum absolute atomic E-state index is 0.115. The second kappa shape index (κ2) is 8.26. The predicted molar refractivity (Wildman–Crippen MR) is 116 cm³/mol. The lowest BCUT2D eigenvalue weighted by molar-refractivity contribution is -0.137. The smallest absolute Gasteiger partial charge is 0.303 e. The summed E-state index contributed by atoms with van der Waals surface area (Å²) in [6.45, 7) is 2.75. The molecule has 29 heavy (non-hydrogen) atoms. The number of hydrogen-bond acceptors (Lipinski definition) is 3. The van der Waals surface area contributed by atoms with E-state index in [1.807, 2.05) is 25.1 Å². The van der Waals surface area contributed by atoms with E-state index < -0.39 is 5.97 Å². The first kappa shape index (κ1) is 19.5. The maximum Gasteiger partial charge on any atom is 0.303 e. The van der Waals surface area contributed by atoms with Gasteiger partial charge < -0.3 is 15.6 Å². The van der Waals surface area contributed by atoms with E-state index in [1.54, 1.807) is 0 Å². The summed E-state index contributed by atoms with van der Waals surface area (Å²) in [4.78, 5) is 10.8. The molecule has 0 bridgehead atoms. The van der Waals surface area contributed by atoms with Crippen molar-refractivity contribution in [2.75, 3.05) is 6.61 Å². The highest BCUT2D eigenvalue weighted by atomic mass is 16.5. The van der Waals surface area contributed by atoms with Crippen LogP contribution in [0.15, 0.2) is 54.6 Å². The lowest BCUT2D eigenvalue weighted by atomic mass is 9.92. The van der Waals surface area contributed by atoms with Gasteiger partial charge in [0.05, 0.1) is 13.0 Å². The zero-order valence-corrected chi connectivity index (χ0v) is 16.7. The number of carbonyl (C=O) groups is 1. The molecule has 0 radical (unpaired) electrons. The van der Waals surface area contributed by atoms with Gasteiger partial charge in [-0.15, -0.1) is 0 Å². The third kappa shape index (κ3) is 4.13. The Kier molecular flexibility index (Phi) is 5.54. The van der Waals surface area contributed by atoms with Gasteiger partial charge in [-0.05, 0) is 65.3 Å². The van der Waals surface area contributed by atoms with Crippen LogP contribution in [0.25, 0.3) is 10.8 Å². The molecule has 4 heteroatoms. The number of benzene rings is 3. The Morgan fingerprint density at radius 1 is 1.14 bits per heavy atom. The van der Waals surface area contributed by atoms with Crippen LogP contribution in [0.4, 0.5) is 0 Å². The molecule has 0 aromatic heterocycles. The maximum atomic E-state index is 10.8. The predicted octanol–water partition coefficient (Wildman–Crippen LogP) is 4.99. The van der Waals surface area contributed by atoms with Crippen molar-refractivity contribution in [3.05, 3.63) is 76.9 Å². The van der Waals surface area contributed by atoms with Gasteiger partial charge in [0.2, 0.25) is 0 Å². The second-order valence-electron chi connectivity index (χ2n) is 7.94. The average molecular weight is 389 g/mol. The molecule has 0 fully saturated rings. The van der Waals surface area contributed by atoms with E-state index in [1.165, 1.54) is 33.0 Å². The van der Waals surface area contributed by atoms with Gasteiger partial charge in [0.25, 0.3) is 0 Å². The van der Waals surface area contributed by atoms with E-state index in [9.17, 15) is 4.79 Å². The molecule has 0 unspecified atom stereocenters. The summed E-state index contributed by atoms with van der Waals surface area (Å²) < 4.78 is 5.53. The van der Waals surface area contributed by atoms with Crippen molar-refractivity contribution in [1.29, 1.82) is 0 Å². The lowest BCUT2D eigenvalue weighted by Gasteiger charge is -2.12. The molecule has 1 aliphatic carbocycles. The molecule has 5 rings (SSSR count). The minimum Gasteiger partial charge on any atom is -0.493 e. The van der Waals surface area contributed by atoms with Crippen LogP contribution >= 0.6 is 0 Å². The number of carboxylic acids is 1. The van der Waals surface area contributed by atoms with Gasteiger partial charge in [-0.1, -0.05) is 42.5 Å². The molecular weight excluding hydrogens is 362 g/mol. The Morgan fingerprint density at radius 2 is 1.93 bits per heavy atom. The Labute approximate surface area is 171 Å². The molecule has 0 amide bonds. The topological polar surface area (TPSA) is 72.6 Å². The van der Waals surface area contributed by atoms with Crippen LogP contribution in [-0.2, 0) is 17.6 Å². The molecule has 2 atom stereocenters. The molecule has 150 valence electrons. The van der Waals surface area contributed by atoms with E-state index in [4.69, 9.17) is 15.6 Å². The number of carboxylic acid groups (broad SMARTS) is 1. The highest BCUT2D eigenvalue weighted by Gasteiger charge is 2.30. The van der Waals surface area contributed by atoms with Gasteiger partial charge in [-0.2, -0.15) is 0 Å². The van der Waals surface area contributed by atoms with Crippen molar-refractivity contribution in [2.24, 2.45) is 5.73 Å².